The summed E-state index contributed by atoms with van der Waals surface area (Å²) in [6.07, 6.45) is 0. The number of rotatable bonds is 4. The molecule has 0 spiro atoms. The fourth-order valence-electron chi connectivity index (χ4n) is 2.10. The second-order valence-electron chi connectivity index (χ2n) is 5.87. The summed E-state index contributed by atoms with van der Waals surface area (Å²) in [5.41, 5.74) is 1.16. The summed E-state index contributed by atoms with van der Waals surface area (Å²) in [7, 11) is 1.98. The average molecular weight is 257 g/mol. The minimum atomic E-state index is -0.105. The Kier molecular flexibility index (Phi) is 4.23. The zero-order valence-corrected chi connectivity index (χ0v) is 12.2. The van der Waals surface area contributed by atoms with Gasteiger partial charge in [0.2, 0.25) is 0 Å². The number of hydrogen-bond donors (Lipinski definition) is 1. The van der Waals surface area contributed by atoms with Gasteiger partial charge >= 0.3 is 0 Å². The normalized spacial score (nSPS) is 13.7. The minimum absolute atomic E-state index is 0.105. The number of benzene rings is 2. The molecule has 2 nitrogen and oxygen atoms in total. The van der Waals surface area contributed by atoms with Crippen LogP contribution in [-0.2, 0) is 4.74 Å². The van der Waals surface area contributed by atoms with Crippen molar-refractivity contribution in [3.05, 3.63) is 48.0 Å². The van der Waals surface area contributed by atoms with Gasteiger partial charge in [-0.15, -0.1) is 0 Å². The van der Waals surface area contributed by atoms with Gasteiger partial charge in [-0.2, -0.15) is 0 Å². The quantitative estimate of drug-likeness (QED) is 0.896. The van der Waals surface area contributed by atoms with Gasteiger partial charge in [0.1, 0.15) is 0 Å². The van der Waals surface area contributed by atoms with Crippen molar-refractivity contribution in [1.29, 1.82) is 0 Å². The van der Waals surface area contributed by atoms with Crippen molar-refractivity contribution in [3.8, 4) is 0 Å². The Morgan fingerprint density at radius 2 is 1.74 bits per heavy atom. The smallest absolute Gasteiger partial charge is 0.0668 e. The largest absolute Gasteiger partial charge is 0.374 e. The molecule has 0 aliphatic heterocycles. The molecule has 0 aromatic heterocycles. The molecule has 2 aromatic carbocycles. The molecule has 0 aliphatic rings. The van der Waals surface area contributed by atoms with E-state index in [2.05, 4.69) is 68.6 Å². The second kappa shape index (κ2) is 5.72. The highest BCUT2D eigenvalue weighted by Crippen LogP contribution is 2.22. The highest BCUT2D eigenvalue weighted by Gasteiger charge is 2.15. The molecule has 0 saturated heterocycles. The van der Waals surface area contributed by atoms with Crippen molar-refractivity contribution in [1.82, 2.24) is 5.32 Å². The number of nitrogens with one attached hydrogen (secondary N) is 1. The maximum absolute atomic E-state index is 5.89. The molecule has 102 valence electrons. The van der Waals surface area contributed by atoms with Gasteiger partial charge in [0, 0.05) is 0 Å². The Bertz CT molecular complexity index is 542. The molecule has 2 heteroatoms. The molecule has 1 N–H and O–H groups in total. The third kappa shape index (κ3) is 3.79. The van der Waals surface area contributed by atoms with Crippen LogP contribution in [0.25, 0.3) is 10.8 Å². The molecule has 1 atom stereocenters. The van der Waals surface area contributed by atoms with E-state index >= 15 is 0 Å². The van der Waals surface area contributed by atoms with Crippen molar-refractivity contribution in [2.24, 2.45) is 0 Å². The molecule has 0 radical (unpaired) electrons. The monoisotopic (exact) mass is 257 g/mol. The molecule has 0 heterocycles. The average Bonchev–Trinajstić information content (AvgIpc) is 2.38. The molecule has 0 fully saturated rings. The summed E-state index contributed by atoms with van der Waals surface area (Å²) in [4.78, 5) is 0. The molecule has 0 bridgehead atoms. The lowest BCUT2D eigenvalue weighted by Gasteiger charge is -2.24. The lowest BCUT2D eigenvalue weighted by atomic mass is 10.0. The molecule has 0 aliphatic carbocycles. The lowest BCUT2D eigenvalue weighted by molar-refractivity contribution is -0.0139. The highest BCUT2D eigenvalue weighted by molar-refractivity contribution is 5.83. The van der Waals surface area contributed by atoms with Crippen LogP contribution in [-0.4, -0.2) is 19.3 Å². The fraction of sp³-hybridized carbons (Fsp3) is 0.412. The first-order valence-electron chi connectivity index (χ1n) is 6.79. The molecule has 0 saturated carbocycles. The van der Waals surface area contributed by atoms with Gasteiger partial charge in [0.05, 0.1) is 18.2 Å². The number of fused-ring (bicyclic) bond motifs is 1. The van der Waals surface area contributed by atoms with Crippen LogP contribution in [0.3, 0.4) is 0 Å². The van der Waals surface area contributed by atoms with Crippen LogP contribution in [0.2, 0.25) is 0 Å². The summed E-state index contributed by atoms with van der Waals surface area (Å²) in [5, 5.41) is 5.88. The first-order valence-corrected chi connectivity index (χ1v) is 6.79. The van der Waals surface area contributed by atoms with Gasteiger partial charge in [-0.3, -0.25) is 0 Å². The van der Waals surface area contributed by atoms with Crippen LogP contribution >= 0.6 is 0 Å². The van der Waals surface area contributed by atoms with Crippen LogP contribution in [0.4, 0.5) is 0 Å². The summed E-state index contributed by atoms with van der Waals surface area (Å²) < 4.78 is 5.89. The van der Waals surface area contributed by atoms with Crippen LogP contribution in [0.15, 0.2) is 42.5 Å². The van der Waals surface area contributed by atoms with E-state index in [1.165, 1.54) is 16.3 Å². The Labute approximate surface area is 115 Å². The third-order valence-corrected chi connectivity index (χ3v) is 3.21. The molecule has 1 unspecified atom stereocenters. The Hall–Kier alpha value is -1.38. The van der Waals surface area contributed by atoms with Crippen molar-refractivity contribution >= 4 is 10.8 Å². The highest BCUT2D eigenvalue weighted by atomic mass is 16.5. The second-order valence-corrected chi connectivity index (χ2v) is 5.87. The number of likely N-dealkylation sites (N-methyl/N-ethyl adjacent to an activating group) is 1. The topological polar surface area (TPSA) is 21.3 Å². The van der Waals surface area contributed by atoms with Crippen molar-refractivity contribution in [3.63, 3.8) is 0 Å². The van der Waals surface area contributed by atoms with E-state index in [9.17, 15) is 0 Å². The number of hydrogen-bond acceptors (Lipinski definition) is 2. The van der Waals surface area contributed by atoms with E-state index in [4.69, 9.17) is 4.74 Å². The molecule has 2 rings (SSSR count). The predicted molar refractivity (Wildman–Crippen MR) is 81.5 cm³/mol. The first-order chi connectivity index (χ1) is 8.99. The van der Waals surface area contributed by atoms with Crippen molar-refractivity contribution in [2.45, 2.75) is 32.4 Å². The predicted octanol–water partition coefficient (Wildman–Crippen LogP) is 3.92. The van der Waals surface area contributed by atoms with E-state index in [1.54, 1.807) is 0 Å². The van der Waals surface area contributed by atoms with E-state index in [0.717, 1.165) is 0 Å². The Morgan fingerprint density at radius 3 is 2.37 bits per heavy atom. The first kappa shape index (κ1) is 14.0. The van der Waals surface area contributed by atoms with E-state index in [0.29, 0.717) is 6.61 Å². The lowest BCUT2D eigenvalue weighted by Crippen LogP contribution is -2.28. The van der Waals surface area contributed by atoms with Gasteiger partial charge in [0.25, 0.3) is 0 Å². The van der Waals surface area contributed by atoms with Crippen LogP contribution in [0.5, 0.6) is 0 Å². The van der Waals surface area contributed by atoms with Crippen LogP contribution in [0.1, 0.15) is 32.4 Å². The van der Waals surface area contributed by atoms with Crippen LogP contribution < -0.4 is 5.32 Å². The maximum atomic E-state index is 5.89. The van der Waals surface area contributed by atoms with E-state index < -0.39 is 0 Å². The van der Waals surface area contributed by atoms with Gasteiger partial charge in [-0.05, 0) is 50.2 Å². The minimum Gasteiger partial charge on any atom is -0.374 e. The van der Waals surface area contributed by atoms with Gasteiger partial charge in [-0.25, -0.2) is 0 Å². The summed E-state index contributed by atoms with van der Waals surface area (Å²) in [6, 6.07) is 15.2. The van der Waals surface area contributed by atoms with Crippen molar-refractivity contribution in [2.75, 3.05) is 13.7 Å². The van der Waals surface area contributed by atoms with Crippen LogP contribution in [0, 0.1) is 0 Å². The van der Waals surface area contributed by atoms with Gasteiger partial charge in [-0.1, -0.05) is 36.4 Å². The summed E-state index contributed by atoms with van der Waals surface area (Å²) in [6.45, 7) is 6.93. The van der Waals surface area contributed by atoms with Gasteiger partial charge < -0.3 is 10.1 Å². The van der Waals surface area contributed by atoms with E-state index in [-0.39, 0.29) is 11.6 Å². The zero-order chi connectivity index (χ0) is 13.9. The van der Waals surface area contributed by atoms with Gasteiger partial charge in [0.15, 0.2) is 0 Å². The Balaban J connectivity index is 2.20. The SMILES string of the molecule is CNC(COC(C)(C)C)c1ccc2ccccc2c1. The summed E-state index contributed by atoms with van der Waals surface area (Å²) >= 11 is 0. The van der Waals surface area contributed by atoms with E-state index in [1.807, 2.05) is 7.05 Å². The molecular formula is C17H23NO. The summed E-state index contributed by atoms with van der Waals surface area (Å²) in [5.74, 6) is 0. The third-order valence-electron chi connectivity index (χ3n) is 3.21. The molecule has 19 heavy (non-hydrogen) atoms. The zero-order valence-electron chi connectivity index (χ0n) is 12.2. The molecule has 2 aromatic rings. The van der Waals surface area contributed by atoms with Crippen molar-refractivity contribution < 1.29 is 4.74 Å². The molecular weight excluding hydrogens is 234 g/mol. The maximum Gasteiger partial charge on any atom is 0.0668 e. The fourth-order valence-corrected chi connectivity index (χ4v) is 2.10. The Morgan fingerprint density at radius 1 is 1.05 bits per heavy atom. The standard InChI is InChI=1S/C17H23NO/c1-17(2,3)19-12-16(18-4)15-10-9-13-7-5-6-8-14(13)11-15/h5-11,16,18H,12H2,1-4H3. The number of ether oxygens (including phenoxy) is 1. The molecule has 0 amide bonds.